The second kappa shape index (κ2) is 29.4. The number of hydrogen-bond acceptors (Lipinski definition) is 17. The summed E-state index contributed by atoms with van der Waals surface area (Å²) in [5.74, 6) is 0.565. The first-order valence-electron chi connectivity index (χ1n) is 25.5. The fraction of sp³-hybridized carbons (Fsp3) is 0.131. The summed E-state index contributed by atoms with van der Waals surface area (Å²) in [5, 5.41) is 55.1. The summed E-state index contributed by atoms with van der Waals surface area (Å²) in [6.07, 6.45) is 0.106. The molecule has 4 atom stereocenters. The molecule has 5 aromatic heterocycles. The highest BCUT2D eigenvalue weighted by molar-refractivity contribution is 7.96. The van der Waals surface area contributed by atoms with Gasteiger partial charge in [0.2, 0.25) is 34.7 Å². The number of aromatic nitrogens is 4. The molecule has 0 radical (unpaired) electrons. The first-order valence-corrected chi connectivity index (χ1v) is 30.5. The molecule has 0 aliphatic rings. The molecule has 0 fully saturated rings. The van der Waals surface area contributed by atoms with Crippen molar-refractivity contribution >= 4 is 135 Å². The standard InChI is InChI=1S/C20H18N4O3S.C20H16N4O2S.C20H14N4OS.CH3PS/c1-12(25)17(20(27)24-23-19(26)13-6-4-3-5-7-13)22-15-8-9-16(21-2)18-14(15)10-11-28-18;1-12(25)17(20-24-23-19(26-20)13-6-4-3-5-7-13)22-15-8-9-16(21-2)18-14(15)10-11-27-18;1-3-15(20-24-23-19(25-20)13-7-5-4-6-8-13)22-16-9-10-17(21-2)18-14(16)11-12-26-18;1-2-3/h3-12,17,22,25H,1H3,(H,23,26)(H,24,27);3-12,17,22,25H,1H3;3-12,22H,1H3;1H3/t2*12-,17+;;/m00../s1. The lowest BCUT2D eigenvalue weighted by Gasteiger charge is -2.22. The molecule has 0 spiro atoms. The quantitative estimate of drug-likeness (QED) is 0.0306. The van der Waals surface area contributed by atoms with E-state index in [9.17, 15) is 19.8 Å². The molecule has 0 unspecified atom stereocenters. The maximum Gasteiger partial charge on any atom is 0.269 e. The SMILES string of the molecule is CP=S.[C-]#[N+]c1ccc(NC(=CC)c2nnc(-c3ccccc3)o2)c2ccsc12.[C-]#[N+]c1ccc(N[C@@H](C(=O)NNC(=O)c2ccccc2)[C@H](C)O)c2ccsc12.[C-]#[N+]c1ccc(N[C@@H](c2nnc(-c3ccccc3)o2)[C@H](C)O)c2ccsc12. The number of rotatable bonds is 14. The fourth-order valence-corrected chi connectivity index (χ4v) is 10.9. The number of anilines is 3. The molecule has 2 amide bonds. The average Bonchev–Trinajstić information content (AvgIpc) is 4.45. The Morgan fingerprint density at radius 2 is 1.05 bits per heavy atom. The van der Waals surface area contributed by atoms with Crippen LogP contribution in [-0.4, -0.2) is 67.3 Å². The Balaban J connectivity index is 0.000000160. The number of hydrogen-bond donors (Lipinski definition) is 7. The number of nitrogens with one attached hydrogen (secondary N) is 5. The molecular weight excluding hydrogens is 1160 g/mol. The number of benzene rings is 6. The zero-order valence-corrected chi connectivity index (χ0v) is 49.4. The van der Waals surface area contributed by atoms with Crippen LogP contribution in [0, 0.1) is 19.7 Å². The minimum absolute atomic E-state index is 0.307. The van der Waals surface area contributed by atoms with Crippen LogP contribution in [-0.2, 0) is 16.6 Å². The van der Waals surface area contributed by atoms with Crippen molar-refractivity contribution in [3.8, 4) is 22.9 Å². The Bertz CT molecular complexity index is 4200. The zero-order valence-electron chi connectivity index (χ0n) is 45.2. The summed E-state index contributed by atoms with van der Waals surface area (Å²) in [6, 6.07) is 42.6. The van der Waals surface area contributed by atoms with Gasteiger partial charge in [-0.15, -0.1) is 20.4 Å². The summed E-state index contributed by atoms with van der Waals surface area (Å²) < 4.78 is 14.3. The molecule has 6 aromatic carbocycles. The highest BCUT2D eigenvalue weighted by atomic mass is 32.4. The van der Waals surface area contributed by atoms with Crippen LogP contribution in [0.15, 0.2) is 177 Å². The maximum absolute atomic E-state index is 12.5. The molecule has 0 aliphatic carbocycles. The lowest BCUT2D eigenvalue weighted by molar-refractivity contribution is -0.124. The van der Waals surface area contributed by atoms with Crippen LogP contribution in [0.3, 0.4) is 0 Å². The molecule has 420 valence electrons. The summed E-state index contributed by atoms with van der Waals surface area (Å²) in [6.45, 7) is 28.8. The Morgan fingerprint density at radius 1 is 0.595 bits per heavy atom. The number of fused-ring (bicyclic) bond motifs is 3. The number of carbonyl (C=O) groups is 2. The molecule has 0 saturated carbocycles. The summed E-state index contributed by atoms with van der Waals surface area (Å²) in [7, 11) is 1.00. The van der Waals surface area contributed by atoms with Crippen LogP contribution < -0.4 is 26.8 Å². The van der Waals surface area contributed by atoms with Gasteiger partial charge in [0.1, 0.15) is 12.1 Å². The van der Waals surface area contributed by atoms with E-state index in [0.717, 1.165) is 65.8 Å². The van der Waals surface area contributed by atoms with Crippen molar-refractivity contribution in [3.63, 3.8) is 0 Å². The number of nitrogens with zero attached hydrogens (tertiary/aromatic N) is 7. The zero-order chi connectivity index (χ0) is 59.5. The number of aliphatic hydroxyl groups is 2. The van der Waals surface area contributed by atoms with Crippen molar-refractivity contribution in [2.45, 2.75) is 45.1 Å². The molecule has 84 heavy (non-hydrogen) atoms. The number of carbonyl (C=O) groups excluding carboxylic acids is 2. The van der Waals surface area contributed by atoms with Gasteiger partial charge in [-0.1, -0.05) is 90.7 Å². The van der Waals surface area contributed by atoms with Gasteiger partial charge in [0, 0.05) is 64.0 Å². The Kier molecular flexibility index (Phi) is 21.2. The van der Waals surface area contributed by atoms with E-state index in [0.29, 0.717) is 51.9 Å². The Labute approximate surface area is 501 Å². The molecule has 11 aromatic rings. The van der Waals surface area contributed by atoms with Crippen LogP contribution >= 0.6 is 41.4 Å². The van der Waals surface area contributed by atoms with Crippen LogP contribution in [0.5, 0.6) is 0 Å². The molecule has 5 heterocycles. The molecule has 18 nitrogen and oxygen atoms in total. The van der Waals surface area contributed by atoms with Crippen molar-refractivity contribution in [1.82, 2.24) is 31.2 Å². The van der Waals surface area contributed by atoms with Gasteiger partial charge in [-0.2, -0.15) is 34.0 Å². The van der Waals surface area contributed by atoms with Crippen LogP contribution in [0.1, 0.15) is 49.0 Å². The van der Waals surface area contributed by atoms with E-state index in [2.05, 4.69) is 73.5 Å². The van der Waals surface area contributed by atoms with E-state index < -0.39 is 36.1 Å². The second-order valence-corrected chi connectivity index (χ2v) is 22.1. The van der Waals surface area contributed by atoms with Gasteiger partial charge in [-0.3, -0.25) is 20.4 Å². The van der Waals surface area contributed by atoms with E-state index in [1.807, 2.05) is 133 Å². The van der Waals surface area contributed by atoms with Crippen LogP contribution in [0.4, 0.5) is 34.1 Å². The van der Waals surface area contributed by atoms with Gasteiger partial charge < -0.3 is 35.0 Å². The molecule has 0 aliphatic heterocycles. The van der Waals surface area contributed by atoms with E-state index in [1.165, 1.54) is 29.6 Å². The third-order valence-electron chi connectivity index (χ3n) is 12.3. The number of hydrazine groups is 1. The predicted octanol–water partition coefficient (Wildman–Crippen LogP) is 15.1. The Morgan fingerprint density at radius 3 is 1.52 bits per heavy atom. The third kappa shape index (κ3) is 14.7. The maximum atomic E-state index is 12.5. The molecule has 23 heteroatoms. The smallest absolute Gasteiger partial charge is 0.269 e. The minimum atomic E-state index is -1.03. The second-order valence-electron chi connectivity index (χ2n) is 17.9. The highest BCUT2D eigenvalue weighted by Crippen LogP contribution is 2.40. The van der Waals surface area contributed by atoms with Gasteiger partial charge in [-0.25, -0.2) is 14.5 Å². The number of amides is 2. The normalized spacial score (nSPS) is 12.2. The lowest BCUT2D eigenvalue weighted by atomic mass is 10.1. The summed E-state index contributed by atoms with van der Waals surface area (Å²) in [5.41, 5.74) is 11.7. The van der Waals surface area contributed by atoms with Crippen molar-refractivity contribution in [3.05, 3.63) is 219 Å². The van der Waals surface area contributed by atoms with Crippen LogP contribution in [0.2, 0.25) is 0 Å². The lowest BCUT2D eigenvalue weighted by Crippen LogP contribution is -2.52. The predicted molar refractivity (Wildman–Crippen MR) is 340 cm³/mol. The number of allylic oxidation sites excluding steroid dienone is 1. The topological polar surface area (TPSA) is 226 Å². The third-order valence-corrected chi connectivity index (χ3v) is 15.1. The monoisotopic (exact) mass is 1210 g/mol. The van der Waals surface area contributed by atoms with Gasteiger partial charge in [-0.05, 0) is 124 Å². The highest BCUT2D eigenvalue weighted by Gasteiger charge is 2.27. The average molecular weight is 1210 g/mol. The van der Waals surface area contributed by atoms with Gasteiger partial charge >= 0.3 is 0 Å². The van der Waals surface area contributed by atoms with Crippen molar-refractivity contribution in [1.29, 1.82) is 0 Å². The van der Waals surface area contributed by atoms with Gasteiger partial charge in [0.15, 0.2) is 0 Å². The fourth-order valence-electron chi connectivity index (χ4n) is 8.24. The van der Waals surface area contributed by atoms with E-state index in [4.69, 9.17) is 28.6 Å². The molecule has 11 rings (SSSR count). The first kappa shape index (κ1) is 60.6. The van der Waals surface area contributed by atoms with Crippen molar-refractivity contribution in [2.75, 3.05) is 22.6 Å². The van der Waals surface area contributed by atoms with Gasteiger partial charge in [0.05, 0.1) is 37.6 Å². The van der Waals surface area contributed by atoms with E-state index in [-0.39, 0.29) is 0 Å². The minimum Gasteiger partial charge on any atom is -0.418 e. The summed E-state index contributed by atoms with van der Waals surface area (Å²) >= 11 is 8.88. The van der Waals surface area contributed by atoms with Gasteiger partial charge in [0.25, 0.3) is 17.7 Å². The first-order chi connectivity index (χ1) is 40.9. The molecule has 7 N–H and O–H groups in total. The van der Waals surface area contributed by atoms with Crippen molar-refractivity contribution < 1.29 is 28.6 Å². The van der Waals surface area contributed by atoms with E-state index in [1.54, 1.807) is 66.8 Å². The molecule has 0 bridgehead atoms. The molecule has 0 saturated heterocycles. The molecular formula is C61H51N12O6PS4. The largest absolute Gasteiger partial charge is 0.418 e. The van der Waals surface area contributed by atoms with Crippen molar-refractivity contribution in [2.24, 2.45) is 0 Å². The number of thiophene rings is 3. The summed E-state index contributed by atoms with van der Waals surface area (Å²) in [4.78, 5) is 35.2. The van der Waals surface area contributed by atoms with Crippen LogP contribution in [0.25, 0.3) is 73.4 Å². The Hall–Kier alpha value is -9.53. The number of aliphatic hydroxyl groups excluding tert-OH is 2. The van der Waals surface area contributed by atoms with E-state index >= 15 is 0 Å².